The molecular weight excluding hydrogens is 466 g/mol. The number of carbonyl (C=O) groups is 3. The second-order valence-corrected chi connectivity index (χ2v) is 9.97. The molecule has 0 bridgehead atoms. The minimum Gasteiger partial charge on any atom is -0.339 e. The van der Waals surface area contributed by atoms with Gasteiger partial charge in [-0.1, -0.05) is 41.9 Å². The number of benzene rings is 1. The highest BCUT2D eigenvalue weighted by atomic mass is 35.5. The van der Waals surface area contributed by atoms with Crippen molar-refractivity contribution >= 4 is 29.4 Å². The quantitative estimate of drug-likeness (QED) is 0.447. The molecule has 1 N–H and O–H groups in total. The molecule has 0 radical (unpaired) electrons. The van der Waals surface area contributed by atoms with Crippen molar-refractivity contribution in [3.63, 3.8) is 0 Å². The first-order chi connectivity index (χ1) is 16.8. The zero-order chi connectivity index (χ0) is 25.0. The largest absolute Gasteiger partial charge is 0.339 e. The van der Waals surface area contributed by atoms with E-state index in [0.717, 1.165) is 5.56 Å². The Hall–Kier alpha value is -2.97. The van der Waals surface area contributed by atoms with Crippen molar-refractivity contribution in [3.8, 4) is 0 Å². The fourth-order valence-corrected chi connectivity index (χ4v) is 5.25. The van der Waals surface area contributed by atoms with E-state index in [1.165, 1.54) is 11.1 Å². The molecule has 3 heterocycles. The maximum Gasteiger partial charge on any atom is 0.325 e. The number of halogens is 1. The molecule has 2 aromatic rings. The number of imide groups is 1. The highest BCUT2D eigenvalue weighted by Gasteiger charge is 2.55. The van der Waals surface area contributed by atoms with Gasteiger partial charge in [0, 0.05) is 37.9 Å². The summed E-state index contributed by atoms with van der Waals surface area (Å²) in [5.41, 5.74) is 0.666. The first-order valence-electron chi connectivity index (χ1n) is 12.0. The zero-order valence-corrected chi connectivity index (χ0v) is 21.0. The van der Waals surface area contributed by atoms with Gasteiger partial charge in [-0.05, 0) is 63.4 Å². The number of amides is 4. The lowest BCUT2D eigenvalue weighted by atomic mass is 9.74. The molecule has 2 aliphatic heterocycles. The standard InChI is InChI=1S/C26H32ClN5O3/c1-30(2)16-17-32-24(34)26(29-25(32)35,12-8-19-6-4-3-5-7-19)21-10-14-31(15-11-21)23(33)20-9-13-28-22(27)18-20/h3-7,9,13,18,21H,8,10-12,14-17H2,1-2H3,(H,29,35)/t26-/m0/s1. The van der Waals surface area contributed by atoms with Crippen LogP contribution in [0.3, 0.4) is 0 Å². The second-order valence-electron chi connectivity index (χ2n) is 9.58. The minimum absolute atomic E-state index is 0.0582. The third kappa shape index (κ3) is 5.49. The van der Waals surface area contributed by atoms with Crippen LogP contribution in [0.25, 0.3) is 0 Å². The zero-order valence-electron chi connectivity index (χ0n) is 20.2. The maximum absolute atomic E-state index is 13.8. The monoisotopic (exact) mass is 497 g/mol. The van der Waals surface area contributed by atoms with Crippen molar-refractivity contribution in [1.29, 1.82) is 0 Å². The van der Waals surface area contributed by atoms with Gasteiger partial charge in [-0.15, -0.1) is 0 Å². The Morgan fingerprint density at radius 3 is 2.54 bits per heavy atom. The molecule has 9 heteroatoms. The summed E-state index contributed by atoms with van der Waals surface area (Å²) in [6.07, 6.45) is 4.00. The van der Waals surface area contributed by atoms with Crippen molar-refractivity contribution in [1.82, 2.24) is 25.0 Å². The summed E-state index contributed by atoms with van der Waals surface area (Å²) in [5, 5.41) is 3.38. The van der Waals surface area contributed by atoms with Gasteiger partial charge in [0.2, 0.25) is 0 Å². The Kier molecular flexibility index (Phi) is 7.72. The maximum atomic E-state index is 13.8. The molecule has 0 spiro atoms. The predicted octanol–water partition coefficient (Wildman–Crippen LogP) is 3.07. The molecule has 0 saturated carbocycles. The molecule has 4 rings (SSSR count). The summed E-state index contributed by atoms with van der Waals surface area (Å²) in [5.74, 6) is -0.302. The summed E-state index contributed by atoms with van der Waals surface area (Å²) in [7, 11) is 3.84. The van der Waals surface area contributed by atoms with E-state index < -0.39 is 5.54 Å². The van der Waals surface area contributed by atoms with Crippen molar-refractivity contribution in [2.24, 2.45) is 5.92 Å². The topological polar surface area (TPSA) is 85.8 Å². The van der Waals surface area contributed by atoms with Crippen LogP contribution in [-0.4, -0.2) is 83.3 Å². The van der Waals surface area contributed by atoms with E-state index >= 15 is 0 Å². The molecule has 0 aliphatic carbocycles. The van der Waals surface area contributed by atoms with E-state index in [2.05, 4.69) is 10.3 Å². The van der Waals surface area contributed by atoms with Crippen LogP contribution in [0.15, 0.2) is 48.7 Å². The van der Waals surface area contributed by atoms with Gasteiger partial charge in [0.25, 0.3) is 11.8 Å². The average molecular weight is 498 g/mol. The van der Waals surface area contributed by atoms with Crippen LogP contribution in [-0.2, 0) is 11.2 Å². The molecule has 8 nitrogen and oxygen atoms in total. The van der Waals surface area contributed by atoms with Crippen molar-refractivity contribution in [3.05, 3.63) is 64.9 Å². The van der Waals surface area contributed by atoms with Crippen LogP contribution in [0.4, 0.5) is 4.79 Å². The smallest absolute Gasteiger partial charge is 0.325 e. The fourth-order valence-electron chi connectivity index (χ4n) is 5.08. The molecule has 2 fully saturated rings. The molecule has 35 heavy (non-hydrogen) atoms. The second kappa shape index (κ2) is 10.7. The van der Waals surface area contributed by atoms with Crippen LogP contribution in [0.1, 0.15) is 35.2 Å². The van der Waals surface area contributed by atoms with Crippen LogP contribution in [0.5, 0.6) is 0 Å². The summed E-state index contributed by atoms with van der Waals surface area (Å²) < 4.78 is 0. The summed E-state index contributed by atoms with van der Waals surface area (Å²) in [6, 6.07) is 12.9. The fraction of sp³-hybridized carbons (Fsp3) is 0.462. The number of nitrogens with one attached hydrogen (secondary N) is 1. The first-order valence-corrected chi connectivity index (χ1v) is 12.4. The Labute approximate surface area is 211 Å². The van der Waals surface area contributed by atoms with E-state index in [0.29, 0.717) is 57.4 Å². The van der Waals surface area contributed by atoms with Gasteiger partial charge in [-0.2, -0.15) is 0 Å². The number of likely N-dealkylation sites (N-methyl/N-ethyl adjacent to an activating group) is 1. The molecular formula is C26H32ClN5O3. The molecule has 0 unspecified atom stereocenters. The van der Waals surface area contributed by atoms with E-state index in [-0.39, 0.29) is 28.9 Å². The Morgan fingerprint density at radius 1 is 1.17 bits per heavy atom. The molecule has 2 saturated heterocycles. The number of hydrogen-bond acceptors (Lipinski definition) is 5. The average Bonchev–Trinajstić information content (AvgIpc) is 3.11. The summed E-state index contributed by atoms with van der Waals surface area (Å²) >= 11 is 5.96. The van der Waals surface area contributed by atoms with Gasteiger partial charge in [0.1, 0.15) is 10.7 Å². The highest BCUT2D eigenvalue weighted by molar-refractivity contribution is 6.29. The van der Waals surface area contributed by atoms with E-state index in [1.54, 1.807) is 17.0 Å². The summed E-state index contributed by atoms with van der Waals surface area (Å²) in [6.45, 7) is 1.98. The van der Waals surface area contributed by atoms with Crippen molar-refractivity contribution in [2.75, 3.05) is 40.3 Å². The number of hydrogen-bond donors (Lipinski definition) is 1. The number of aryl methyl sites for hydroxylation is 1. The number of pyridine rings is 1. The Morgan fingerprint density at radius 2 is 1.89 bits per heavy atom. The molecule has 1 aromatic heterocycles. The van der Waals surface area contributed by atoms with Crippen LogP contribution in [0.2, 0.25) is 5.15 Å². The van der Waals surface area contributed by atoms with Crippen LogP contribution < -0.4 is 5.32 Å². The van der Waals surface area contributed by atoms with Crippen LogP contribution in [0, 0.1) is 5.92 Å². The van der Waals surface area contributed by atoms with Crippen molar-refractivity contribution in [2.45, 2.75) is 31.2 Å². The number of likely N-dealkylation sites (tertiary alicyclic amines) is 1. The Bertz CT molecular complexity index is 1070. The predicted molar refractivity (Wildman–Crippen MR) is 134 cm³/mol. The number of carbonyl (C=O) groups excluding carboxylic acids is 3. The van der Waals surface area contributed by atoms with Gasteiger partial charge in [0.05, 0.1) is 0 Å². The SMILES string of the molecule is CN(C)CCN1C(=O)N[C@@](CCc2ccccc2)(C2CCN(C(=O)c3ccnc(Cl)c3)CC2)C1=O. The molecule has 1 aromatic carbocycles. The molecule has 1 atom stereocenters. The number of piperidine rings is 1. The molecule has 4 amide bonds. The third-order valence-electron chi connectivity index (χ3n) is 7.08. The van der Waals surface area contributed by atoms with E-state index in [1.807, 2.05) is 49.3 Å². The van der Waals surface area contributed by atoms with E-state index in [4.69, 9.17) is 11.6 Å². The van der Waals surface area contributed by atoms with E-state index in [9.17, 15) is 14.4 Å². The number of nitrogens with zero attached hydrogens (tertiary/aromatic N) is 4. The normalized spacial score (nSPS) is 21.0. The van der Waals surface area contributed by atoms with Gasteiger partial charge < -0.3 is 15.1 Å². The van der Waals surface area contributed by atoms with Gasteiger partial charge in [0.15, 0.2) is 0 Å². The first kappa shape index (κ1) is 25.1. The van der Waals surface area contributed by atoms with Crippen molar-refractivity contribution < 1.29 is 14.4 Å². The lowest BCUT2D eigenvalue weighted by Gasteiger charge is -2.41. The highest BCUT2D eigenvalue weighted by Crippen LogP contribution is 2.37. The number of rotatable bonds is 8. The minimum atomic E-state index is -0.964. The molecule has 186 valence electrons. The lowest BCUT2D eigenvalue weighted by molar-refractivity contribution is -0.134. The van der Waals surface area contributed by atoms with Crippen LogP contribution >= 0.6 is 11.6 Å². The molecule has 2 aliphatic rings. The number of aromatic nitrogens is 1. The van der Waals surface area contributed by atoms with Gasteiger partial charge in [-0.25, -0.2) is 9.78 Å². The van der Waals surface area contributed by atoms with Gasteiger partial charge >= 0.3 is 6.03 Å². The van der Waals surface area contributed by atoms with Gasteiger partial charge in [-0.3, -0.25) is 14.5 Å². The third-order valence-corrected chi connectivity index (χ3v) is 7.28. The number of urea groups is 1. The Balaban J connectivity index is 1.51. The lowest BCUT2D eigenvalue weighted by Crippen LogP contribution is -2.57. The summed E-state index contributed by atoms with van der Waals surface area (Å²) in [4.78, 5) is 48.7.